The van der Waals surface area contributed by atoms with Crippen LogP contribution in [0.3, 0.4) is 0 Å². The van der Waals surface area contributed by atoms with Gasteiger partial charge in [0.1, 0.15) is 6.04 Å². The molecule has 2 fully saturated rings. The number of carbonyl (C=O) groups excluding carboxylic acids is 1. The van der Waals surface area contributed by atoms with E-state index in [0.29, 0.717) is 31.0 Å². The molecular formula is C22H24ClN3O3S. The van der Waals surface area contributed by atoms with E-state index in [9.17, 15) is 13.2 Å². The Bertz CT molecular complexity index is 1040. The standard InChI is InChI=1S/C22H24ClN3O3S/c1-2-16-14-25(15-18-8-3-4-12-24-18)22(27)21-11-6-10-20(16)26(21)30(28,29)19-9-5-7-17(23)13-19/h2-5,7-9,12-13,16,20-21H,1,6,10-11,14-15H2/t16-,20-,21+/m1/s1. The van der Waals surface area contributed by atoms with Gasteiger partial charge in [-0.15, -0.1) is 6.58 Å². The molecular weight excluding hydrogens is 422 g/mol. The number of halogens is 1. The lowest BCUT2D eigenvalue weighted by atomic mass is 9.90. The first-order valence-corrected chi connectivity index (χ1v) is 11.8. The molecule has 0 spiro atoms. The molecule has 2 aliphatic heterocycles. The fraction of sp³-hybridized carbons (Fsp3) is 0.364. The van der Waals surface area contributed by atoms with Crippen molar-refractivity contribution >= 4 is 27.5 Å². The van der Waals surface area contributed by atoms with Crippen LogP contribution < -0.4 is 0 Å². The lowest BCUT2D eigenvalue weighted by Gasteiger charge is -2.40. The van der Waals surface area contributed by atoms with E-state index < -0.39 is 16.1 Å². The van der Waals surface area contributed by atoms with Crippen LogP contribution in [0.4, 0.5) is 0 Å². The van der Waals surface area contributed by atoms with E-state index in [-0.39, 0.29) is 22.8 Å². The van der Waals surface area contributed by atoms with Crippen molar-refractivity contribution in [2.24, 2.45) is 5.92 Å². The van der Waals surface area contributed by atoms with Gasteiger partial charge in [0.05, 0.1) is 17.1 Å². The lowest BCUT2D eigenvalue weighted by Crippen LogP contribution is -2.54. The molecule has 0 aliphatic carbocycles. The van der Waals surface area contributed by atoms with Gasteiger partial charge in [-0.1, -0.05) is 29.8 Å². The van der Waals surface area contributed by atoms with Crippen LogP contribution in [0.2, 0.25) is 5.02 Å². The molecule has 4 rings (SSSR count). The molecule has 2 saturated heterocycles. The van der Waals surface area contributed by atoms with E-state index in [1.54, 1.807) is 29.3 Å². The normalized spacial score (nSPS) is 25.0. The number of pyridine rings is 1. The second kappa shape index (κ2) is 8.49. The van der Waals surface area contributed by atoms with E-state index >= 15 is 0 Å². The Balaban J connectivity index is 1.75. The first-order chi connectivity index (χ1) is 14.4. The van der Waals surface area contributed by atoms with Crippen molar-refractivity contribution in [3.63, 3.8) is 0 Å². The fourth-order valence-electron chi connectivity index (χ4n) is 4.47. The van der Waals surface area contributed by atoms with Crippen molar-refractivity contribution < 1.29 is 13.2 Å². The van der Waals surface area contributed by atoms with Crippen LogP contribution in [0.25, 0.3) is 0 Å². The third-order valence-corrected chi connectivity index (χ3v) is 8.05. The average Bonchev–Trinajstić information content (AvgIpc) is 2.82. The van der Waals surface area contributed by atoms with Crippen molar-refractivity contribution in [2.45, 2.75) is 42.8 Å². The molecule has 2 aromatic rings. The number of rotatable bonds is 5. The maximum atomic E-state index is 13.6. The molecule has 30 heavy (non-hydrogen) atoms. The summed E-state index contributed by atoms with van der Waals surface area (Å²) < 4.78 is 28.7. The number of sulfonamides is 1. The number of aromatic nitrogens is 1. The highest BCUT2D eigenvalue weighted by Crippen LogP contribution is 2.38. The first-order valence-electron chi connectivity index (χ1n) is 10.0. The third-order valence-electron chi connectivity index (χ3n) is 5.89. The smallest absolute Gasteiger partial charge is 0.244 e. The van der Waals surface area contributed by atoms with E-state index in [1.807, 2.05) is 18.2 Å². The van der Waals surface area contributed by atoms with Crippen molar-refractivity contribution in [1.29, 1.82) is 0 Å². The van der Waals surface area contributed by atoms with Crippen molar-refractivity contribution in [1.82, 2.24) is 14.2 Å². The van der Waals surface area contributed by atoms with Gasteiger partial charge < -0.3 is 4.90 Å². The summed E-state index contributed by atoms with van der Waals surface area (Å²) in [6, 6.07) is 10.7. The molecule has 0 unspecified atom stereocenters. The molecule has 1 aromatic carbocycles. The Hall–Kier alpha value is -2.22. The van der Waals surface area contributed by atoms with Crippen LogP contribution in [0.1, 0.15) is 25.0 Å². The van der Waals surface area contributed by atoms with Gasteiger partial charge in [0, 0.05) is 29.7 Å². The average molecular weight is 446 g/mol. The molecule has 0 N–H and O–H groups in total. The number of amides is 1. The summed E-state index contributed by atoms with van der Waals surface area (Å²) in [7, 11) is -3.90. The van der Waals surface area contributed by atoms with E-state index in [2.05, 4.69) is 11.6 Å². The van der Waals surface area contributed by atoms with E-state index in [1.165, 1.54) is 16.4 Å². The first kappa shape index (κ1) is 21.0. The Morgan fingerprint density at radius 1 is 1.20 bits per heavy atom. The molecule has 8 heteroatoms. The number of piperidine rings is 1. The molecule has 0 saturated carbocycles. The highest BCUT2D eigenvalue weighted by atomic mass is 35.5. The summed E-state index contributed by atoms with van der Waals surface area (Å²) in [5, 5.41) is 0.347. The van der Waals surface area contributed by atoms with Crippen molar-refractivity contribution in [3.05, 3.63) is 72.0 Å². The van der Waals surface area contributed by atoms with Crippen LogP contribution in [0.15, 0.2) is 66.2 Å². The largest absolute Gasteiger partial charge is 0.335 e. The molecule has 1 aromatic heterocycles. The second-order valence-electron chi connectivity index (χ2n) is 7.75. The van der Waals surface area contributed by atoms with Gasteiger partial charge in [-0.3, -0.25) is 9.78 Å². The summed E-state index contributed by atoms with van der Waals surface area (Å²) in [6.45, 7) is 4.71. The van der Waals surface area contributed by atoms with Gasteiger partial charge in [-0.05, 0) is 49.6 Å². The minimum absolute atomic E-state index is 0.112. The van der Waals surface area contributed by atoms with Crippen LogP contribution in [-0.4, -0.2) is 47.1 Å². The fourth-order valence-corrected chi connectivity index (χ4v) is 6.65. The molecule has 3 atom stereocenters. The summed E-state index contributed by atoms with van der Waals surface area (Å²) in [4.78, 5) is 19.7. The maximum absolute atomic E-state index is 13.6. The van der Waals surface area contributed by atoms with Crippen LogP contribution in [-0.2, 0) is 21.4 Å². The molecule has 2 bridgehead atoms. The number of benzene rings is 1. The highest BCUT2D eigenvalue weighted by molar-refractivity contribution is 7.89. The molecule has 3 heterocycles. The van der Waals surface area contributed by atoms with Gasteiger partial charge in [0.2, 0.25) is 15.9 Å². The number of carbonyl (C=O) groups is 1. The third kappa shape index (κ3) is 3.89. The number of hydrogen-bond acceptors (Lipinski definition) is 4. The molecule has 6 nitrogen and oxygen atoms in total. The quantitative estimate of drug-likeness (QED) is 0.660. The van der Waals surface area contributed by atoms with Gasteiger partial charge in [0.15, 0.2) is 0 Å². The Kier molecular flexibility index (Phi) is 5.95. The minimum atomic E-state index is -3.90. The predicted octanol–water partition coefficient (Wildman–Crippen LogP) is 3.49. The van der Waals surface area contributed by atoms with Crippen LogP contribution in [0.5, 0.6) is 0 Å². The van der Waals surface area contributed by atoms with Crippen LogP contribution in [0, 0.1) is 5.92 Å². The van der Waals surface area contributed by atoms with Gasteiger partial charge in [0.25, 0.3) is 0 Å². The molecule has 2 aliphatic rings. The van der Waals surface area contributed by atoms with E-state index in [4.69, 9.17) is 11.6 Å². The zero-order valence-electron chi connectivity index (χ0n) is 16.5. The summed E-state index contributed by atoms with van der Waals surface area (Å²) in [5.74, 6) is -0.350. The summed E-state index contributed by atoms with van der Waals surface area (Å²) >= 11 is 6.06. The zero-order valence-corrected chi connectivity index (χ0v) is 18.1. The number of hydrogen-bond donors (Lipinski definition) is 0. The summed E-state index contributed by atoms with van der Waals surface area (Å²) in [6.07, 6.45) is 5.45. The Labute approximate surface area is 182 Å². The second-order valence-corrected chi connectivity index (χ2v) is 10.0. The van der Waals surface area contributed by atoms with Gasteiger partial charge in [-0.25, -0.2) is 8.42 Å². The predicted molar refractivity (Wildman–Crippen MR) is 115 cm³/mol. The van der Waals surface area contributed by atoms with Gasteiger partial charge >= 0.3 is 0 Å². The maximum Gasteiger partial charge on any atom is 0.244 e. The highest BCUT2D eigenvalue weighted by Gasteiger charge is 2.49. The topological polar surface area (TPSA) is 70.6 Å². The van der Waals surface area contributed by atoms with E-state index in [0.717, 1.165) is 12.1 Å². The Morgan fingerprint density at radius 2 is 2.03 bits per heavy atom. The van der Waals surface area contributed by atoms with Crippen molar-refractivity contribution in [2.75, 3.05) is 6.54 Å². The number of fused-ring (bicyclic) bond motifs is 2. The van der Waals surface area contributed by atoms with Crippen molar-refractivity contribution in [3.8, 4) is 0 Å². The minimum Gasteiger partial charge on any atom is -0.335 e. The zero-order chi connectivity index (χ0) is 21.3. The van der Waals surface area contributed by atoms with Gasteiger partial charge in [-0.2, -0.15) is 4.31 Å². The molecule has 1 amide bonds. The lowest BCUT2D eigenvalue weighted by molar-refractivity contribution is -0.135. The summed E-state index contributed by atoms with van der Waals surface area (Å²) in [5.41, 5.74) is 0.773. The van der Waals surface area contributed by atoms with Crippen LogP contribution >= 0.6 is 11.6 Å². The SMILES string of the molecule is C=C[C@@H]1CN(Cc2ccccn2)C(=O)[C@@H]2CCC[C@H]1N2S(=O)(=O)c1cccc(Cl)c1. The Morgan fingerprint density at radius 3 is 2.73 bits per heavy atom. The number of nitrogens with zero attached hydrogens (tertiary/aromatic N) is 3. The molecule has 0 radical (unpaired) electrons. The molecule has 158 valence electrons. The monoisotopic (exact) mass is 445 g/mol.